The highest BCUT2D eigenvalue weighted by Crippen LogP contribution is 2.27. The predicted octanol–water partition coefficient (Wildman–Crippen LogP) is 2.74. The third-order valence-corrected chi connectivity index (χ3v) is 7.31. The molecule has 0 spiro atoms. The summed E-state index contributed by atoms with van der Waals surface area (Å²) in [5, 5.41) is 0. The molecule has 1 aliphatic rings. The summed E-state index contributed by atoms with van der Waals surface area (Å²) >= 11 is 0. The van der Waals surface area contributed by atoms with Crippen molar-refractivity contribution in [2.45, 2.75) is 44.2 Å². The number of ether oxygens (including phenoxy) is 1. The van der Waals surface area contributed by atoms with Gasteiger partial charge in [0.15, 0.2) is 6.61 Å². The van der Waals surface area contributed by atoms with Crippen molar-refractivity contribution in [3.63, 3.8) is 0 Å². The summed E-state index contributed by atoms with van der Waals surface area (Å²) < 4.78 is 32.4. The molecule has 1 amide bonds. The zero-order chi connectivity index (χ0) is 22.4. The molecular weight excluding hydrogens is 416 g/mol. The van der Waals surface area contributed by atoms with E-state index in [1.54, 1.807) is 17.0 Å². The fraction of sp³-hybridized carbons (Fsp3) is 0.391. The quantitative estimate of drug-likeness (QED) is 0.585. The van der Waals surface area contributed by atoms with Crippen LogP contribution in [0, 0.1) is 6.92 Å². The molecule has 3 rings (SSSR count). The van der Waals surface area contributed by atoms with E-state index in [4.69, 9.17) is 4.74 Å². The van der Waals surface area contributed by atoms with Gasteiger partial charge in [0.1, 0.15) is 6.04 Å². The minimum absolute atomic E-state index is 0.147. The molecule has 0 unspecified atom stereocenters. The molecule has 2 aromatic carbocycles. The minimum Gasteiger partial charge on any atom is -0.454 e. The fourth-order valence-electron chi connectivity index (χ4n) is 3.61. The molecule has 0 radical (unpaired) electrons. The van der Waals surface area contributed by atoms with E-state index >= 15 is 0 Å². The van der Waals surface area contributed by atoms with Gasteiger partial charge >= 0.3 is 5.97 Å². The summed E-state index contributed by atoms with van der Waals surface area (Å²) in [4.78, 5) is 27.0. The number of nitrogens with zero attached hydrogens (tertiary/aromatic N) is 2. The molecule has 0 N–H and O–H groups in total. The van der Waals surface area contributed by atoms with Crippen molar-refractivity contribution in [1.82, 2.24) is 9.21 Å². The van der Waals surface area contributed by atoms with E-state index in [2.05, 4.69) is 0 Å². The highest BCUT2D eigenvalue weighted by atomic mass is 32.2. The third-order valence-electron chi connectivity index (χ3n) is 5.39. The molecule has 1 saturated heterocycles. The summed E-state index contributed by atoms with van der Waals surface area (Å²) in [6.45, 7) is 4.47. The molecular formula is C23H28N2O5S. The Morgan fingerprint density at radius 3 is 2.42 bits per heavy atom. The summed E-state index contributed by atoms with van der Waals surface area (Å²) in [6, 6.07) is 15.2. The molecule has 1 aliphatic heterocycles. The van der Waals surface area contributed by atoms with Crippen molar-refractivity contribution in [3.8, 4) is 0 Å². The highest BCUT2D eigenvalue weighted by Gasteiger charge is 2.40. The number of carbonyl (C=O) groups is 2. The maximum absolute atomic E-state index is 13.0. The first-order chi connectivity index (χ1) is 14.8. The van der Waals surface area contributed by atoms with Crippen molar-refractivity contribution >= 4 is 21.9 Å². The van der Waals surface area contributed by atoms with E-state index in [0.29, 0.717) is 25.9 Å². The van der Waals surface area contributed by atoms with Crippen LogP contribution in [0.2, 0.25) is 0 Å². The van der Waals surface area contributed by atoms with Crippen LogP contribution in [0.25, 0.3) is 0 Å². The molecule has 166 valence electrons. The second-order valence-corrected chi connectivity index (χ2v) is 9.48. The molecule has 0 bridgehead atoms. The number of hydrogen-bond acceptors (Lipinski definition) is 5. The van der Waals surface area contributed by atoms with E-state index in [1.807, 2.05) is 44.2 Å². The van der Waals surface area contributed by atoms with Crippen molar-refractivity contribution in [2.24, 2.45) is 0 Å². The summed E-state index contributed by atoms with van der Waals surface area (Å²) in [5.41, 5.74) is 1.93. The van der Waals surface area contributed by atoms with E-state index in [1.165, 1.54) is 16.4 Å². The molecule has 1 fully saturated rings. The normalized spacial score (nSPS) is 16.8. The van der Waals surface area contributed by atoms with Crippen LogP contribution < -0.4 is 0 Å². The molecule has 7 nitrogen and oxygen atoms in total. The molecule has 1 atom stereocenters. The van der Waals surface area contributed by atoms with Gasteiger partial charge in [0.25, 0.3) is 5.91 Å². The van der Waals surface area contributed by atoms with Gasteiger partial charge in [-0.05, 0) is 44.4 Å². The molecule has 31 heavy (non-hydrogen) atoms. The van der Waals surface area contributed by atoms with E-state index < -0.39 is 28.6 Å². The van der Waals surface area contributed by atoms with Gasteiger partial charge in [0.05, 0.1) is 4.90 Å². The van der Waals surface area contributed by atoms with Crippen LogP contribution in [0.15, 0.2) is 59.5 Å². The first-order valence-electron chi connectivity index (χ1n) is 10.4. The Balaban J connectivity index is 1.62. The lowest BCUT2D eigenvalue weighted by Crippen LogP contribution is -2.42. The summed E-state index contributed by atoms with van der Waals surface area (Å²) in [7, 11) is -3.81. The van der Waals surface area contributed by atoms with Gasteiger partial charge in [-0.25, -0.2) is 8.42 Å². The standard InChI is InChI=1S/C23H28N2O5S/c1-3-24(16-19-8-5-4-6-9-19)22(26)17-30-23(27)21-10-7-15-25(21)31(28,29)20-13-11-18(2)12-14-20/h4-6,8-9,11-14,21H,3,7,10,15-17H2,1-2H3/t21-/m0/s1. The first kappa shape index (κ1) is 23.0. The van der Waals surface area contributed by atoms with Crippen LogP contribution in [-0.2, 0) is 30.9 Å². The largest absolute Gasteiger partial charge is 0.454 e. The lowest BCUT2D eigenvalue weighted by Gasteiger charge is -2.24. The van der Waals surface area contributed by atoms with Gasteiger partial charge in [0.2, 0.25) is 10.0 Å². The molecule has 0 saturated carbocycles. The Bertz CT molecular complexity index is 1010. The fourth-order valence-corrected chi connectivity index (χ4v) is 5.26. The molecule has 1 heterocycles. The number of hydrogen-bond donors (Lipinski definition) is 0. The first-order valence-corrected chi connectivity index (χ1v) is 11.8. The number of amides is 1. The van der Waals surface area contributed by atoms with Crippen LogP contribution in [0.3, 0.4) is 0 Å². The number of esters is 1. The van der Waals surface area contributed by atoms with Crippen molar-refractivity contribution in [1.29, 1.82) is 0 Å². The van der Waals surface area contributed by atoms with Crippen molar-refractivity contribution in [2.75, 3.05) is 19.7 Å². The number of likely N-dealkylation sites (N-methyl/N-ethyl adjacent to an activating group) is 1. The SMILES string of the molecule is CCN(Cc1ccccc1)C(=O)COC(=O)[C@@H]1CCCN1S(=O)(=O)c1ccc(C)cc1. The number of rotatable bonds is 8. The van der Waals surface area contributed by atoms with Gasteiger partial charge in [-0.15, -0.1) is 0 Å². The Kier molecular flexibility index (Phi) is 7.46. The zero-order valence-corrected chi connectivity index (χ0v) is 18.7. The van der Waals surface area contributed by atoms with Gasteiger partial charge in [-0.2, -0.15) is 4.31 Å². The average molecular weight is 445 g/mol. The number of benzene rings is 2. The van der Waals surface area contributed by atoms with Gasteiger partial charge in [-0.3, -0.25) is 9.59 Å². The Hall–Kier alpha value is -2.71. The lowest BCUT2D eigenvalue weighted by molar-refractivity contribution is -0.154. The molecule has 8 heteroatoms. The van der Waals surface area contributed by atoms with E-state index in [9.17, 15) is 18.0 Å². The van der Waals surface area contributed by atoms with Crippen LogP contribution in [0.1, 0.15) is 30.9 Å². The topological polar surface area (TPSA) is 84.0 Å². The van der Waals surface area contributed by atoms with Crippen molar-refractivity contribution in [3.05, 3.63) is 65.7 Å². The smallest absolute Gasteiger partial charge is 0.324 e. The maximum atomic E-state index is 13.0. The van der Waals surface area contributed by atoms with Crippen LogP contribution in [-0.4, -0.2) is 55.2 Å². The van der Waals surface area contributed by atoms with Crippen LogP contribution >= 0.6 is 0 Å². The lowest BCUT2D eigenvalue weighted by atomic mass is 10.2. The summed E-state index contributed by atoms with van der Waals surface area (Å²) in [5.74, 6) is -0.997. The number of aryl methyl sites for hydroxylation is 1. The number of sulfonamides is 1. The average Bonchev–Trinajstić information content (AvgIpc) is 3.27. The second-order valence-electron chi connectivity index (χ2n) is 7.59. The van der Waals surface area contributed by atoms with Crippen LogP contribution in [0.5, 0.6) is 0 Å². The van der Waals surface area contributed by atoms with Crippen molar-refractivity contribution < 1.29 is 22.7 Å². The van der Waals surface area contributed by atoms with Gasteiger partial charge < -0.3 is 9.64 Å². The van der Waals surface area contributed by atoms with Gasteiger partial charge in [0, 0.05) is 19.6 Å². The Morgan fingerprint density at radius 1 is 1.10 bits per heavy atom. The van der Waals surface area contributed by atoms with Crippen LogP contribution in [0.4, 0.5) is 0 Å². The molecule has 2 aromatic rings. The Labute approximate surface area is 183 Å². The third kappa shape index (κ3) is 5.51. The monoisotopic (exact) mass is 444 g/mol. The molecule has 0 aliphatic carbocycles. The highest BCUT2D eigenvalue weighted by molar-refractivity contribution is 7.89. The van der Waals surface area contributed by atoms with E-state index in [-0.39, 0.29) is 17.3 Å². The predicted molar refractivity (Wildman–Crippen MR) is 117 cm³/mol. The van der Waals surface area contributed by atoms with E-state index in [0.717, 1.165) is 11.1 Å². The maximum Gasteiger partial charge on any atom is 0.324 e. The molecule has 0 aromatic heterocycles. The van der Waals surface area contributed by atoms with Gasteiger partial charge in [-0.1, -0.05) is 48.0 Å². The number of carbonyl (C=O) groups excluding carboxylic acids is 2. The minimum atomic E-state index is -3.81. The summed E-state index contributed by atoms with van der Waals surface area (Å²) in [6.07, 6.45) is 0.938. The Morgan fingerprint density at radius 2 is 1.77 bits per heavy atom. The second kappa shape index (κ2) is 10.1. The zero-order valence-electron chi connectivity index (χ0n) is 17.9.